The van der Waals surface area contributed by atoms with E-state index in [1.54, 1.807) is 24.1 Å². The van der Waals surface area contributed by atoms with E-state index in [1.807, 2.05) is 20.8 Å². The van der Waals surface area contributed by atoms with E-state index in [-0.39, 0.29) is 5.91 Å². The highest BCUT2D eigenvalue weighted by Crippen LogP contribution is 2.44. The van der Waals surface area contributed by atoms with Crippen LogP contribution in [-0.2, 0) is 4.79 Å². The van der Waals surface area contributed by atoms with Crippen molar-refractivity contribution >= 4 is 28.9 Å². The van der Waals surface area contributed by atoms with Crippen molar-refractivity contribution in [1.82, 2.24) is 15.5 Å². The van der Waals surface area contributed by atoms with Crippen LogP contribution in [0.5, 0.6) is 5.75 Å². The van der Waals surface area contributed by atoms with Gasteiger partial charge in [-0.05, 0) is 57.1 Å². The van der Waals surface area contributed by atoms with Gasteiger partial charge in [-0.15, -0.1) is 0 Å². The summed E-state index contributed by atoms with van der Waals surface area (Å²) in [5.74, 6) is 0.738. The first-order valence-electron chi connectivity index (χ1n) is 8.57. The molecule has 1 amide bonds. The van der Waals surface area contributed by atoms with Gasteiger partial charge < -0.3 is 20.3 Å². The summed E-state index contributed by atoms with van der Waals surface area (Å²) in [5, 5.41) is 16.0. The molecule has 0 atom stereocenters. The minimum absolute atomic E-state index is 0.0695. The summed E-state index contributed by atoms with van der Waals surface area (Å²) in [5.41, 5.74) is 2.90. The fraction of sp³-hybridized carbons (Fsp3) is 0.421. The zero-order chi connectivity index (χ0) is 19.1. The number of hydrogen-bond acceptors (Lipinski definition) is 4. The zero-order valence-corrected chi connectivity index (χ0v) is 16.2. The molecule has 2 heterocycles. The topological polar surface area (TPSA) is 77.4 Å². The van der Waals surface area contributed by atoms with Crippen molar-refractivity contribution in [3.63, 3.8) is 0 Å². The number of amides is 1. The lowest BCUT2D eigenvalue weighted by molar-refractivity contribution is -0.125. The normalized spacial score (nSPS) is 18.1. The van der Waals surface area contributed by atoms with Crippen LogP contribution in [0.15, 0.2) is 17.8 Å². The smallest absolute Gasteiger partial charge is 0.227 e. The number of carbonyl (C=O) groups is 1. The quantitative estimate of drug-likeness (QED) is 0.779. The molecule has 0 unspecified atom stereocenters. The van der Waals surface area contributed by atoms with Gasteiger partial charge in [0.1, 0.15) is 11.4 Å². The molecule has 3 rings (SSSR count). The van der Waals surface area contributed by atoms with Gasteiger partial charge in [-0.3, -0.25) is 4.79 Å². The lowest BCUT2D eigenvalue weighted by Crippen LogP contribution is -2.48. The van der Waals surface area contributed by atoms with E-state index in [4.69, 9.17) is 17.0 Å². The van der Waals surface area contributed by atoms with Crippen LogP contribution < -0.4 is 15.4 Å². The van der Waals surface area contributed by atoms with Gasteiger partial charge in [-0.1, -0.05) is 0 Å². The summed E-state index contributed by atoms with van der Waals surface area (Å²) in [6.45, 7) is 6.39. The number of hydrogen-bond donors (Lipinski definition) is 2. The van der Waals surface area contributed by atoms with E-state index in [1.165, 1.54) is 0 Å². The van der Waals surface area contributed by atoms with E-state index in [0.717, 1.165) is 28.9 Å². The van der Waals surface area contributed by atoms with Crippen LogP contribution in [0.3, 0.4) is 0 Å². The van der Waals surface area contributed by atoms with E-state index >= 15 is 0 Å². The minimum Gasteiger partial charge on any atom is -0.481 e. The lowest BCUT2D eigenvalue weighted by Gasteiger charge is -2.40. The van der Waals surface area contributed by atoms with Crippen molar-refractivity contribution in [3.8, 4) is 11.8 Å². The maximum absolute atomic E-state index is 12.6. The summed E-state index contributed by atoms with van der Waals surface area (Å²) < 4.78 is 6.23. The molecule has 6 nitrogen and oxygen atoms in total. The fourth-order valence-electron chi connectivity index (χ4n) is 3.46. The van der Waals surface area contributed by atoms with Gasteiger partial charge in [0.25, 0.3) is 0 Å². The molecule has 0 aliphatic carbocycles. The van der Waals surface area contributed by atoms with E-state index in [2.05, 4.69) is 16.7 Å². The Balaban J connectivity index is 2.32. The van der Waals surface area contributed by atoms with Gasteiger partial charge in [0.15, 0.2) is 5.11 Å². The minimum atomic E-state index is -0.716. The molecule has 1 aromatic rings. The Morgan fingerprint density at radius 1 is 1.42 bits per heavy atom. The SMILES string of the molecule is CNC(=S)NC1=C(N2CCCC2=O)c2c(ccc(C#N)c2C)OC1(C)C. The molecule has 0 spiro atoms. The molecular weight excluding hydrogens is 348 g/mol. The Bertz CT molecular complexity index is 867. The van der Waals surface area contributed by atoms with Crippen molar-refractivity contribution in [2.45, 2.75) is 39.2 Å². The molecule has 1 aromatic carbocycles. The predicted molar refractivity (Wildman–Crippen MR) is 103 cm³/mol. The molecule has 2 aliphatic heterocycles. The van der Waals surface area contributed by atoms with Crippen molar-refractivity contribution in [1.29, 1.82) is 5.26 Å². The van der Waals surface area contributed by atoms with Gasteiger partial charge in [-0.25, -0.2) is 0 Å². The summed E-state index contributed by atoms with van der Waals surface area (Å²) in [6, 6.07) is 5.77. The summed E-state index contributed by atoms with van der Waals surface area (Å²) >= 11 is 5.31. The highest BCUT2D eigenvalue weighted by molar-refractivity contribution is 7.80. The van der Waals surface area contributed by atoms with Crippen LogP contribution in [0.4, 0.5) is 0 Å². The lowest BCUT2D eigenvalue weighted by atomic mass is 9.90. The van der Waals surface area contributed by atoms with E-state index in [0.29, 0.717) is 29.4 Å². The number of carbonyl (C=O) groups excluding carboxylic acids is 1. The van der Waals surface area contributed by atoms with Crippen LogP contribution in [0.2, 0.25) is 0 Å². The number of nitrogens with one attached hydrogen (secondary N) is 2. The third kappa shape index (κ3) is 2.90. The average molecular weight is 370 g/mol. The van der Waals surface area contributed by atoms with Gasteiger partial charge in [0.05, 0.1) is 23.0 Å². The Morgan fingerprint density at radius 3 is 2.73 bits per heavy atom. The van der Waals surface area contributed by atoms with Gasteiger partial charge in [0.2, 0.25) is 5.91 Å². The van der Waals surface area contributed by atoms with Crippen LogP contribution in [0.25, 0.3) is 5.70 Å². The fourth-order valence-corrected chi connectivity index (χ4v) is 3.57. The number of thiocarbonyl (C=S) groups is 1. The maximum Gasteiger partial charge on any atom is 0.227 e. The molecule has 7 heteroatoms. The van der Waals surface area contributed by atoms with Crippen LogP contribution in [-0.4, -0.2) is 35.1 Å². The second-order valence-electron chi connectivity index (χ2n) is 6.91. The van der Waals surface area contributed by atoms with Crippen molar-refractivity contribution < 1.29 is 9.53 Å². The third-order valence-corrected chi connectivity index (χ3v) is 5.10. The largest absolute Gasteiger partial charge is 0.481 e. The van der Waals surface area contributed by atoms with Crippen molar-refractivity contribution in [3.05, 3.63) is 34.5 Å². The Hall–Kier alpha value is -2.59. The molecule has 136 valence electrons. The second kappa shape index (κ2) is 6.61. The highest BCUT2D eigenvalue weighted by Gasteiger charge is 2.41. The Labute approximate surface area is 158 Å². The van der Waals surface area contributed by atoms with Gasteiger partial charge >= 0.3 is 0 Å². The van der Waals surface area contributed by atoms with Crippen molar-refractivity contribution in [2.75, 3.05) is 13.6 Å². The van der Waals surface area contributed by atoms with Gasteiger partial charge in [0, 0.05) is 25.6 Å². The molecule has 0 bridgehead atoms. The number of fused-ring (bicyclic) bond motifs is 1. The monoisotopic (exact) mass is 370 g/mol. The molecule has 1 fully saturated rings. The molecule has 26 heavy (non-hydrogen) atoms. The molecular formula is C19H22N4O2S. The number of rotatable bonds is 2. The number of nitrogens with zero attached hydrogens (tertiary/aromatic N) is 2. The molecule has 2 aliphatic rings. The number of benzene rings is 1. The van der Waals surface area contributed by atoms with Gasteiger partial charge in [-0.2, -0.15) is 5.26 Å². The summed E-state index contributed by atoms with van der Waals surface area (Å²) in [7, 11) is 1.74. The second-order valence-corrected chi connectivity index (χ2v) is 7.32. The summed E-state index contributed by atoms with van der Waals surface area (Å²) in [6.07, 6.45) is 1.32. The maximum atomic E-state index is 12.6. The highest BCUT2D eigenvalue weighted by atomic mass is 32.1. The number of nitriles is 1. The molecule has 0 radical (unpaired) electrons. The van der Waals surface area contributed by atoms with Crippen LogP contribution >= 0.6 is 12.2 Å². The first-order chi connectivity index (χ1) is 12.3. The molecule has 0 saturated carbocycles. The number of ether oxygens (including phenoxy) is 1. The Morgan fingerprint density at radius 2 is 2.15 bits per heavy atom. The molecule has 1 saturated heterocycles. The Kier molecular flexibility index (Phi) is 4.63. The number of likely N-dealkylation sites (tertiary alicyclic amines) is 1. The zero-order valence-electron chi connectivity index (χ0n) is 15.4. The molecule has 0 aromatic heterocycles. The standard InChI is InChI=1S/C19H22N4O2S/c1-11-12(10-20)7-8-13-15(11)16(23-9-5-6-14(23)24)17(19(2,3)25-13)22-18(26)21-4/h7-8H,5-6,9H2,1-4H3,(H2,21,22,26). The van der Waals surface area contributed by atoms with E-state index < -0.39 is 5.60 Å². The first kappa shape index (κ1) is 18.2. The van der Waals surface area contributed by atoms with Crippen molar-refractivity contribution in [2.24, 2.45) is 0 Å². The van der Waals surface area contributed by atoms with Crippen LogP contribution in [0, 0.1) is 18.3 Å². The third-order valence-electron chi connectivity index (χ3n) is 4.80. The van der Waals surface area contributed by atoms with Crippen LogP contribution in [0.1, 0.15) is 43.4 Å². The van der Waals surface area contributed by atoms with E-state index in [9.17, 15) is 10.1 Å². The predicted octanol–water partition coefficient (Wildman–Crippen LogP) is 2.42. The summed E-state index contributed by atoms with van der Waals surface area (Å²) in [4.78, 5) is 14.4. The molecule has 2 N–H and O–H groups in total. The first-order valence-corrected chi connectivity index (χ1v) is 8.98. The average Bonchev–Trinajstić information content (AvgIpc) is 3.01.